The minimum absolute atomic E-state index is 0.114. The highest BCUT2D eigenvalue weighted by Gasteiger charge is 2.41. The standard InChI is InChI=1S/C22H18BrN3O2/c1-27-17-7-4-14(5-8-17)19-12-20-18-11-16(23)6-9-21(18)28-22(26(20)25-19)15-3-2-10-24-13-15/h2-11,13,20,22H,12H2,1H3/t20-,22+/m0/s1. The first-order valence-electron chi connectivity index (χ1n) is 9.09. The lowest BCUT2D eigenvalue weighted by atomic mass is 9.96. The van der Waals surface area contributed by atoms with E-state index in [0.29, 0.717) is 0 Å². The van der Waals surface area contributed by atoms with E-state index >= 15 is 0 Å². The zero-order valence-corrected chi connectivity index (χ0v) is 16.8. The van der Waals surface area contributed by atoms with Gasteiger partial charge in [-0.15, -0.1) is 0 Å². The molecule has 2 aliphatic rings. The highest BCUT2D eigenvalue weighted by Crippen LogP contribution is 2.48. The molecular weight excluding hydrogens is 418 g/mol. The van der Waals surface area contributed by atoms with E-state index in [1.54, 1.807) is 13.3 Å². The van der Waals surface area contributed by atoms with Crippen LogP contribution in [0.25, 0.3) is 0 Å². The van der Waals surface area contributed by atoms with Gasteiger partial charge in [0.05, 0.1) is 18.9 Å². The maximum Gasteiger partial charge on any atom is 0.215 e. The molecule has 0 fully saturated rings. The molecule has 3 aromatic rings. The van der Waals surface area contributed by atoms with Crippen molar-refractivity contribution in [1.82, 2.24) is 9.99 Å². The zero-order valence-electron chi connectivity index (χ0n) is 15.2. The molecule has 0 N–H and O–H groups in total. The van der Waals surface area contributed by atoms with E-state index in [1.165, 1.54) is 0 Å². The van der Waals surface area contributed by atoms with Crippen molar-refractivity contribution in [2.45, 2.75) is 18.7 Å². The van der Waals surface area contributed by atoms with E-state index in [9.17, 15) is 0 Å². The molecule has 0 amide bonds. The van der Waals surface area contributed by atoms with Gasteiger partial charge in [0.25, 0.3) is 0 Å². The van der Waals surface area contributed by atoms with Gasteiger partial charge in [0, 0.05) is 34.4 Å². The number of nitrogens with zero attached hydrogens (tertiary/aromatic N) is 3. The number of halogens is 1. The van der Waals surface area contributed by atoms with Crippen LogP contribution in [0.5, 0.6) is 11.5 Å². The molecule has 0 spiro atoms. The number of ether oxygens (including phenoxy) is 2. The Morgan fingerprint density at radius 2 is 2.00 bits per heavy atom. The quantitative estimate of drug-likeness (QED) is 0.574. The number of hydrogen-bond acceptors (Lipinski definition) is 5. The molecule has 0 saturated carbocycles. The minimum atomic E-state index is -0.303. The Morgan fingerprint density at radius 1 is 1.14 bits per heavy atom. The van der Waals surface area contributed by atoms with Crippen molar-refractivity contribution in [1.29, 1.82) is 0 Å². The van der Waals surface area contributed by atoms with Crippen molar-refractivity contribution in [3.63, 3.8) is 0 Å². The van der Waals surface area contributed by atoms with E-state index in [0.717, 1.165) is 44.8 Å². The van der Waals surface area contributed by atoms with Crippen LogP contribution in [-0.2, 0) is 0 Å². The van der Waals surface area contributed by atoms with Crippen molar-refractivity contribution >= 4 is 21.6 Å². The number of fused-ring (bicyclic) bond motifs is 3. The highest BCUT2D eigenvalue weighted by atomic mass is 79.9. The molecule has 140 valence electrons. The molecule has 0 saturated heterocycles. The average molecular weight is 436 g/mol. The predicted octanol–water partition coefficient (Wildman–Crippen LogP) is 5.10. The van der Waals surface area contributed by atoms with Gasteiger partial charge in [0.1, 0.15) is 11.5 Å². The Labute approximate surface area is 171 Å². The Morgan fingerprint density at radius 3 is 2.75 bits per heavy atom. The van der Waals surface area contributed by atoms with Gasteiger partial charge in [-0.25, -0.2) is 5.01 Å². The van der Waals surface area contributed by atoms with Gasteiger partial charge in [0.15, 0.2) is 0 Å². The fourth-order valence-corrected chi connectivity index (χ4v) is 4.14. The largest absolute Gasteiger partial charge is 0.497 e. The van der Waals surface area contributed by atoms with Crippen LogP contribution in [0.4, 0.5) is 0 Å². The van der Waals surface area contributed by atoms with Crippen molar-refractivity contribution in [2.24, 2.45) is 5.10 Å². The van der Waals surface area contributed by atoms with E-state index in [-0.39, 0.29) is 12.3 Å². The summed E-state index contributed by atoms with van der Waals surface area (Å²) in [5, 5.41) is 7.02. The third-order valence-electron chi connectivity index (χ3n) is 5.14. The van der Waals surface area contributed by atoms with E-state index < -0.39 is 0 Å². The van der Waals surface area contributed by atoms with Gasteiger partial charge in [0.2, 0.25) is 6.23 Å². The molecular formula is C22H18BrN3O2. The molecule has 0 aliphatic carbocycles. The number of hydrazone groups is 1. The van der Waals surface area contributed by atoms with Crippen LogP contribution in [0.2, 0.25) is 0 Å². The molecule has 5 rings (SSSR count). The monoisotopic (exact) mass is 435 g/mol. The number of benzene rings is 2. The van der Waals surface area contributed by atoms with Gasteiger partial charge < -0.3 is 9.47 Å². The topological polar surface area (TPSA) is 47.0 Å². The van der Waals surface area contributed by atoms with Gasteiger partial charge in [-0.2, -0.15) is 5.10 Å². The third-order valence-corrected chi connectivity index (χ3v) is 5.64. The minimum Gasteiger partial charge on any atom is -0.497 e. The summed E-state index contributed by atoms with van der Waals surface area (Å²) in [7, 11) is 1.67. The molecule has 5 nitrogen and oxygen atoms in total. The molecule has 0 radical (unpaired) electrons. The number of pyridine rings is 1. The van der Waals surface area contributed by atoms with Crippen LogP contribution >= 0.6 is 15.9 Å². The van der Waals surface area contributed by atoms with Gasteiger partial charge in [-0.05, 0) is 54.1 Å². The fraction of sp³-hybridized carbons (Fsp3) is 0.182. The van der Waals surface area contributed by atoms with Crippen LogP contribution in [0.3, 0.4) is 0 Å². The molecule has 2 aliphatic heterocycles. The number of methoxy groups -OCH3 is 1. The lowest BCUT2D eigenvalue weighted by Crippen LogP contribution is -2.33. The zero-order chi connectivity index (χ0) is 19.1. The van der Waals surface area contributed by atoms with Crippen molar-refractivity contribution in [3.05, 3.63) is 88.2 Å². The summed E-state index contributed by atoms with van der Waals surface area (Å²) in [4.78, 5) is 4.26. The van der Waals surface area contributed by atoms with Gasteiger partial charge in [-0.3, -0.25) is 4.98 Å². The van der Waals surface area contributed by atoms with Crippen LogP contribution in [0.1, 0.15) is 35.4 Å². The molecule has 1 aromatic heterocycles. The molecule has 3 heterocycles. The van der Waals surface area contributed by atoms with E-state index in [1.807, 2.05) is 42.6 Å². The SMILES string of the molecule is COc1ccc(C2=NN3[C@@H](c4cccnc4)Oc4ccc(Br)cc4[C@@H]3C2)cc1. The Kier molecular flexibility index (Phi) is 4.28. The second kappa shape index (κ2) is 6.95. The smallest absolute Gasteiger partial charge is 0.215 e. The summed E-state index contributed by atoms with van der Waals surface area (Å²) in [6.07, 6.45) is 4.12. The lowest BCUT2D eigenvalue weighted by Gasteiger charge is -2.38. The second-order valence-electron chi connectivity index (χ2n) is 6.81. The van der Waals surface area contributed by atoms with E-state index in [2.05, 4.69) is 44.1 Å². The second-order valence-corrected chi connectivity index (χ2v) is 7.73. The molecule has 2 aromatic carbocycles. The average Bonchev–Trinajstić information content (AvgIpc) is 3.20. The number of aromatic nitrogens is 1. The molecule has 6 heteroatoms. The van der Waals surface area contributed by atoms with Gasteiger partial charge >= 0.3 is 0 Å². The normalized spacial score (nSPS) is 20.1. The Bertz CT molecular complexity index is 1040. The first kappa shape index (κ1) is 17.3. The summed E-state index contributed by atoms with van der Waals surface area (Å²) in [5.41, 5.74) is 4.26. The maximum absolute atomic E-state index is 6.35. The summed E-state index contributed by atoms with van der Waals surface area (Å²) in [5.74, 6) is 1.73. The Hall–Kier alpha value is -2.86. The fourth-order valence-electron chi connectivity index (χ4n) is 3.76. The van der Waals surface area contributed by atoms with Crippen LogP contribution < -0.4 is 9.47 Å². The van der Waals surface area contributed by atoms with Crippen LogP contribution in [0.15, 0.2) is 76.6 Å². The molecule has 28 heavy (non-hydrogen) atoms. The van der Waals surface area contributed by atoms with E-state index in [4.69, 9.17) is 14.6 Å². The van der Waals surface area contributed by atoms with Crippen molar-refractivity contribution in [3.8, 4) is 11.5 Å². The first-order chi connectivity index (χ1) is 13.7. The maximum atomic E-state index is 6.35. The summed E-state index contributed by atoms with van der Waals surface area (Å²) >= 11 is 3.59. The molecule has 0 bridgehead atoms. The predicted molar refractivity (Wildman–Crippen MR) is 110 cm³/mol. The summed E-state index contributed by atoms with van der Waals surface area (Å²) in [6.45, 7) is 0. The van der Waals surface area contributed by atoms with Crippen molar-refractivity contribution < 1.29 is 9.47 Å². The molecule has 0 unspecified atom stereocenters. The van der Waals surface area contributed by atoms with Crippen LogP contribution in [-0.4, -0.2) is 22.8 Å². The summed E-state index contributed by atoms with van der Waals surface area (Å²) in [6, 6.07) is 18.3. The van der Waals surface area contributed by atoms with Crippen molar-refractivity contribution in [2.75, 3.05) is 7.11 Å². The highest BCUT2D eigenvalue weighted by molar-refractivity contribution is 9.10. The Balaban J connectivity index is 1.57. The molecule has 2 atom stereocenters. The summed E-state index contributed by atoms with van der Waals surface area (Å²) < 4.78 is 12.7. The first-order valence-corrected chi connectivity index (χ1v) is 9.88. The van der Waals surface area contributed by atoms with Crippen LogP contribution in [0, 0.1) is 0 Å². The number of rotatable bonds is 3. The van der Waals surface area contributed by atoms with Gasteiger partial charge in [-0.1, -0.05) is 22.0 Å². The number of hydrogen-bond donors (Lipinski definition) is 0. The third kappa shape index (κ3) is 2.94. The lowest BCUT2D eigenvalue weighted by molar-refractivity contribution is -0.0192.